The van der Waals surface area contributed by atoms with Crippen molar-refractivity contribution in [2.75, 3.05) is 23.3 Å². The minimum Gasteiger partial charge on any atom is -0.372 e. The number of H-pyrrole nitrogens is 1. The fourth-order valence-electron chi connectivity index (χ4n) is 3.29. The molecule has 1 amide bonds. The molecule has 5 heteroatoms. The van der Waals surface area contributed by atoms with Gasteiger partial charge in [0.05, 0.1) is 6.42 Å². The molecule has 3 aromatic rings. The summed E-state index contributed by atoms with van der Waals surface area (Å²) in [6.07, 6.45) is 0.309. The average molecular weight is 370 g/mol. The number of aryl methyl sites for hydroxylation is 1. The SMILES string of the molecule is CCN(CC)c1ccc(NC(=O)Cc2c(C)[nH]c3ccc(Cl)cc23)cc1. The third-order valence-corrected chi connectivity index (χ3v) is 4.93. The molecule has 1 aromatic heterocycles. The molecule has 0 atom stereocenters. The van der Waals surface area contributed by atoms with Crippen molar-refractivity contribution in [1.82, 2.24) is 4.98 Å². The van der Waals surface area contributed by atoms with Crippen LogP contribution >= 0.6 is 11.6 Å². The summed E-state index contributed by atoms with van der Waals surface area (Å²) < 4.78 is 0. The smallest absolute Gasteiger partial charge is 0.228 e. The van der Waals surface area contributed by atoms with E-state index in [0.717, 1.165) is 46.6 Å². The van der Waals surface area contributed by atoms with Crippen molar-refractivity contribution in [3.8, 4) is 0 Å². The standard InChI is InChI=1S/C21H24ClN3O/c1-4-25(5-2)17-9-7-16(8-10-17)24-21(26)13-18-14(3)23-20-11-6-15(22)12-19(18)20/h6-12,23H,4-5,13H2,1-3H3,(H,24,26). The van der Waals surface area contributed by atoms with Gasteiger partial charge in [-0.25, -0.2) is 0 Å². The van der Waals surface area contributed by atoms with Gasteiger partial charge in [0.25, 0.3) is 0 Å². The van der Waals surface area contributed by atoms with E-state index in [0.29, 0.717) is 11.4 Å². The molecule has 2 N–H and O–H groups in total. The van der Waals surface area contributed by atoms with Crippen LogP contribution in [0.2, 0.25) is 5.02 Å². The fourth-order valence-corrected chi connectivity index (χ4v) is 3.46. The number of halogens is 1. The molecule has 0 unspecified atom stereocenters. The van der Waals surface area contributed by atoms with E-state index in [1.165, 1.54) is 0 Å². The number of nitrogens with zero attached hydrogens (tertiary/aromatic N) is 1. The molecular formula is C21H24ClN3O. The molecule has 0 fully saturated rings. The summed E-state index contributed by atoms with van der Waals surface area (Å²) in [5, 5.41) is 4.66. The van der Waals surface area contributed by atoms with Crippen molar-refractivity contribution < 1.29 is 4.79 Å². The third-order valence-electron chi connectivity index (χ3n) is 4.70. The number of anilines is 2. The Kier molecular flexibility index (Phi) is 5.52. The van der Waals surface area contributed by atoms with E-state index in [-0.39, 0.29) is 5.91 Å². The summed E-state index contributed by atoms with van der Waals surface area (Å²) >= 11 is 6.11. The van der Waals surface area contributed by atoms with Gasteiger partial charge in [-0.15, -0.1) is 0 Å². The minimum absolute atomic E-state index is 0.0374. The molecule has 0 saturated heterocycles. The van der Waals surface area contributed by atoms with Crippen LogP contribution < -0.4 is 10.2 Å². The van der Waals surface area contributed by atoms with E-state index < -0.39 is 0 Å². The van der Waals surface area contributed by atoms with Crippen LogP contribution in [0, 0.1) is 6.92 Å². The molecule has 0 saturated carbocycles. The second-order valence-electron chi connectivity index (χ2n) is 6.36. The van der Waals surface area contributed by atoms with Crippen molar-refractivity contribution >= 4 is 39.8 Å². The third kappa shape index (κ3) is 3.86. The molecule has 136 valence electrons. The summed E-state index contributed by atoms with van der Waals surface area (Å²) in [6, 6.07) is 13.7. The highest BCUT2D eigenvalue weighted by atomic mass is 35.5. The number of carbonyl (C=O) groups excluding carboxylic acids is 1. The number of amides is 1. The number of hydrogen-bond acceptors (Lipinski definition) is 2. The number of aromatic nitrogens is 1. The molecule has 2 aromatic carbocycles. The molecule has 0 bridgehead atoms. The Morgan fingerprint density at radius 1 is 1.12 bits per heavy atom. The van der Waals surface area contributed by atoms with Gasteiger partial charge in [-0.3, -0.25) is 4.79 Å². The average Bonchev–Trinajstić information content (AvgIpc) is 2.92. The van der Waals surface area contributed by atoms with Crippen LogP contribution in [0.3, 0.4) is 0 Å². The highest BCUT2D eigenvalue weighted by Crippen LogP contribution is 2.26. The zero-order valence-corrected chi connectivity index (χ0v) is 16.2. The Hall–Kier alpha value is -2.46. The van der Waals surface area contributed by atoms with Crippen molar-refractivity contribution in [3.05, 3.63) is 58.7 Å². The van der Waals surface area contributed by atoms with Gasteiger partial charge in [0.15, 0.2) is 0 Å². The Bertz CT molecular complexity index is 911. The van der Waals surface area contributed by atoms with E-state index >= 15 is 0 Å². The number of nitrogens with one attached hydrogen (secondary N) is 2. The van der Waals surface area contributed by atoms with Gasteiger partial charge >= 0.3 is 0 Å². The second-order valence-corrected chi connectivity index (χ2v) is 6.80. The lowest BCUT2D eigenvalue weighted by Gasteiger charge is -2.21. The van der Waals surface area contributed by atoms with Gasteiger partial charge in [-0.05, 0) is 68.8 Å². The molecule has 1 heterocycles. The maximum atomic E-state index is 12.5. The van der Waals surface area contributed by atoms with Crippen molar-refractivity contribution in [2.45, 2.75) is 27.2 Å². The van der Waals surface area contributed by atoms with Gasteiger partial charge < -0.3 is 15.2 Å². The number of aromatic amines is 1. The molecule has 0 aliphatic carbocycles. The van der Waals surface area contributed by atoms with Gasteiger partial charge in [0.2, 0.25) is 5.91 Å². The molecule has 26 heavy (non-hydrogen) atoms. The summed E-state index contributed by atoms with van der Waals surface area (Å²) in [6.45, 7) is 8.18. The molecule has 0 aliphatic heterocycles. The van der Waals surface area contributed by atoms with Crippen LogP contribution in [0.1, 0.15) is 25.1 Å². The highest BCUT2D eigenvalue weighted by molar-refractivity contribution is 6.31. The predicted octanol–water partition coefficient (Wildman–Crippen LogP) is 5.16. The molecular weight excluding hydrogens is 346 g/mol. The first-order chi connectivity index (χ1) is 12.5. The molecule has 3 rings (SSSR count). The topological polar surface area (TPSA) is 48.1 Å². The largest absolute Gasteiger partial charge is 0.372 e. The van der Waals surface area contributed by atoms with Gasteiger partial charge in [0, 0.05) is 46.1 Å². The summed E-state index contributed by atoms with van der Waals surface area (Å²) in [7, 11) is 0. The van der Waals surface area contributed by atoms with Crippen LogP contribution in [-0.2, 0) is 11.2 Å². The Labute approximate surface area is 159 Å². The van der Waals surface area contributed by atoms with E-state index in [9.17, 15) is 4.79 Å². The zero-order valence-electron chi connectivity index (χ0n) is 15.4. The van der Waals surface area contributed by atoms with Crippen molar-refractivity contribution in [3.63, 3.8) is 0 Å². The summed E-state index contributed by atoms with van der Waals surface area (Å²) in [4.78, 5) is 18.1. The Balaban J connectivity index is 1.73. The summed E-state index contributed by atoms with van der Waals surface area (Å²) in [5.74, 6) is -0.0374. The van der Waals surface area contributed by atoms with Gasteiger partial charge in [-0.2, -0.15) is 0 Å². The van der Waals surface area contributed by atoms with Crippen LogP contribution in [-0.4, -0.2) is 24.0 Å². The number of rotatable bonds is 6. The lowest BCUT2D eigenvalue weighted by Crippen LogP contribution is -2.21. The predicted molar refractivity (Wildman–Crippen MR) is 110 cm³/mol. The number of fused-ring (bicyclic) bond motifs is 1. The van der Waals surface area contributed by atoms with Crippen molar-refractivity contribution in [1.29, 1.82) is 0 Å². The molecule has 0 radical (unpaired) electrons. The normalized spacial score (nSPS) is 10.9. The maximum Gasteiger partial charge on any atom is 0.228 e. The van der Waals surface area contributed by atoms with Crippen LogP contribution in [0.5, 0.6) is 0 Å². The van der Waals surface area contributed by atoms with E-state index in [4.69, 9.17) is 11.6 Å². The molecule has 0 aliphatic rings. The maximum absolute atomic E-state index is 12.5. The number of carbonyl (C=O) groups is 1. The van der Waals surface area contributed by atoms with Crippen LogP contribution in [0.25, 0.3) is 10.9 Å². The first-order valence-electron chi connectivity index (χ1n) is 8.93. The number of hydrogen-bond donors (Lipinski definition) is 2. The molecule has 0 spiro atoms. The zero-order chi connectivity index (χ0) is 18.7. The quantitative estimate of drug-likeness (QED) is 0.630. The van der Waals surface area contributed by atoms with E-state index in [1.807, 2.05) is 49.4 Å². The van der Waals surface area contributed by atoms with Gasteiger partial charge in [0.1, 0.15) is 0 Å². The van der Waals surface area contributed by atoms with E-state index in [2.05, 4.69) is 29.0 Å². The molecule has 4 nitrogen and oxygen atoms in total. The lowest BCUT2D eigenvalue weighted by molar-refractivity contribution is -0.115. The minimum atomic E-state index is -0.0374. The second kappa shape index (κ2) is 7.83. The van der Waals surface area contributed by atoms with Gasteiger partial charge in [-0.1, -0.05) is 11.6 Å². The van der Waals surface area contributed by atoms with Crippen LogP contribution in [0.4, 0.5) is 11.4 Å². The summed E-state index contributed by atoms with van der Waals surface area (Å²) in [5.41, 5.74) is 4.95. The highest BCUT2D eigenvalue weighted by Gasteiger charge is 2.13. The van der Waals surface area contributed by atoms with E-state index in [1.54, 1.807) is 0 Å². The number of benzene rings is 2. The Morgan fingerprint density at radius 2 is 1.81 bits per heavy atom. The van der Waals surface area contributed by atoms with Crippen molar-refractivity contribution in [2.24, 2.45) is 0 Å². The lowest BCUT2D eigenvalue weighted by atomic mass is 10.1. The first kappa shape index (κ1) is 18.3. The Morgan fingerprint density at radius 3 is 2.46 bits per heavy atom. The van der Waals surface area contributed by atoms with Crippen LogP contribution in [0.15, 0.2) is 42.5 Å². The first-order valence-corrected chi connectivity index (χ1v) is 9.31. The monoisotopic (exact) mass is 369 g/mol. The fraction of sp³-hybridized carbons (Fsp3) is 0.286.